The van der Waals surface area contributed by atoms with E-state index in [1.165, 1.54) is 0 Å². The van der Waals surface area contributed by atoms with Gasteiger partial charge >= 0.3 is 0 Å². The molecule has 0 fully saturated rings. The molecule has 0 aliphatic carbocycles. The Kier molecular flexibility index (Phi) is 8.32. The highest BCUT2D eigenvalue weighted by Gasteiger charge is 1.66. The van der Waals surface area contributed by atoms with Crippen molar-refractivity contribution in [2.45, 2.75) is 0 Å². The van der Waals surface area contributed by atoms with Crippen LogP contribution in [0.3, 0.4) is 0 Å². The van der Waals surface area contributed by atoms with Gasteiger partial charge in [-0.25, -0.2) is 5.84 Å². The number of hydrazine groups is 1. The fourth-order valence-electron chi connectivity index (χ4n) is 0. The van der Waals surface area contributed by atoms with Crippen LogP contribution in [0.2, 0.25) is 0 Å². The van der Waals surface area contributed by atoms with Crippen molar-refractivity contribution in [1.29, 1.82) is 5.41 Å². The Bertz CT molecular complexity index is 95.2. The van der Waals surface area contributed by atoms with Crippen LogP contribution in [-0.4, -0.2) is 11.1 Å². The summed E-state index contributed by atoms with van der Waals surface area (Å²) in [6, 6.07) is 0. The summed E-state index contributed by atoms with van der Waals surface area (Å²) >= 11 is 4.09. The maximum Gasteiger partial charge on any atom is 0.200 e. The van der Waals surface area contributed by atoms with Crippen LogP contribution < -0.4 is 28.5 Å². The zero-order chi connectivity index (χ0) is 7.86. The first-order valence-electron chi connectivity index (χ1n) is 1.86. The third-order valence-corrected chi connectivity index (χ3v) is 0.156. The molecule has 7 heteroatoms. The van der Waals surface area contributed by atoms with E-state index in [0.717, 1.165) is 0 Å². The van der Waals surface area contributed by atoms with Gasteiger partial charge in [-0.1, -0.05) is 0 Å². The smallest absolute Gasteiger partial charge is 0.200 e. The molecule has 0 aliphatic heterocycles. The minimum absolute atomic E-state index is 0.000000000000000222. The lowest BCUT2D eigenvalue weighted by molar-refractivity contribution is 0.995. The normalized spacial score (nSPS) is 6.33. The van der Waals surface area contributed by atoms with E-state index in [-0.39, 0.29) is 11.1 Å². The van der Waals surface area contributed by atoms with Crippen LogP contribution in [0.25, 0.3) is 0 Å². The molecular weight excluding hydrogens is 140 g/mol. The summed E-state index contributed by atoms with van der Waals surface area (Å²) in [6.45, 7) is 0. The quantitative estimate of drug-likeness (QED) is 0.0743. The molecule has 0 rings (SSSR count). The van der Waals surface area contributed by atoms with Crippen LogP contribution in [0.15, 0.2) is 0 Å². The lowest BCUT2D eigenvalue weighted by Crippen LogP contribution is -2.35. The average Bonchev–Trinajstić information content (AvgIpc) is 1.65. The van der Waals surface area contributed by atoms with Gasteiger partial charge in [-0.2, -0.15) is 0 Å². The molecule has 0 saturated heterocycles. The monoisotopic (exact) mass is 150 g/mol. The van der Waals surface area contributed by atoms with E-state index >= 15 is 0 Å². The van der Waals surface area contributed by atoms with Crippen molar-refractivity contribution in [2.75, 3.05) is 0 Å². The number of nitrogens with two attached hydrogens (primary N) is 4. The molecule has 0 aliphatic rings. The highest BCUT2D eigenvalue weighted by molar-refractivity contribution is 7.80. The molecule has 0 saturated carbocycles. The van der Waals surface area contributed by atoms with Crippen LogP contribution in [-0.2, 0) is 0 Å². The van der Waals surface area contributed by atoms with Gasteiger partial charge in [-0.05, 0) is 12.2 Å². The number of hydrogen-bond acceptors (Lipinski definition) is 3. The molecule has 0 radical (unpaired) electrons. The van der Waals surface area contributed by atoms with Gasteiger partial charge in [-0.15, -0.1) is 0 Å². The Hall–Kier alpha value is -1.08. The summed E-state index contributed by atoms with van der Waals surface area (Å²) < 4.78 is 0. The van der Waals surface area contributed by atoms with Gasteiger partial charge in [0.25, 0.3) is 0 Å². The molecular formula is C2H10N6S. The van der Waals surface area contributed by atoms with Gasteiger partial charge in [0.1, 0.15) is 0 Å². The predicted octanol–water partition coefficient (Wildman–Crippen LogP) is -2.47. The zero-order valence-corrected chi connectivity index (χ0v) is 5.53. The summed E-state index contributed by atoms with van der Waals surface area (Å²) in [7, 11) is 0. The fraction of sp³-hybridized carbons (Fsp3) is 0. The molecule has 54 valence electrons. The topological polar surface area (TPSA) is 140 Å². The van der Waals surface area contributed by atoms with Crippen molar-refractivity contribution in [3.8, 4) is 0 Å². The molecule has 0 aromatic rings. The highest BCUT2D eigenvalue weighted by Crippen LogP contribution is 1.32. The number of guanidine groups is 1. The summed E-state index contributed by atoms with van der Waals surface area (Å²) in [4.78, 5) is 0. The van der Waals surface area contributed by atoms with Crippen LogP contribution >= 0.6 is 12.2 Å². The van der Waals surface area contributed by atoms with E-state index < -0.39 is 0 Å². The van der Waals surface area contributed by atoms with Gasteiger partial charge in [0, 0.05) is 0 Å². The number of thiocarbonyl (C=S) groups is 1. The molecule has 6 nitrogen and oxygen atoms in total. The molecule has 0 unspecified atom stereocenters. The molecule has 0 aromatic carbocycles. The molecule has 0 aromatic heterocycles. The Morgan fingerprint density at radius 2 is 1.44 bits per heavy atom. The summed E-state index contributed by atoms with van der Waals surface area (Å²) in [5.41, 5.74) is 15.8. The number of hydrogen-bond donors (Lipinski definition) is 6. The summed E-state index contributed by atoms with van der Waals surface area (Å²) in [5.74, 6) is 4.35. The van der Waals surface area contributed by atoms with E-state index in [1.54, 1.807) is 0 Å². The van der Waals surface area contributed by atoms with Crippen LogP contribution in [0.1, 0.15) is 0 Å². The Labute approximate surface area is 58.0 Å². The van der Waals surface area contributed by atoms with Gasteiger partial charge in [-0.3, -0.25) is 10.8 Å². The molecule has 0 amide bonds. The van der Waals surface area contributed by atoms with Crippen LogP contribution in [0, 0.1) is 5.41 Å². The average molecular weight is 150 g/mol. The summed E-state index contributed by atoms with van der Waals surface area (Å²) in [5, 5.41) is 6.28. The van der Waals surface area contributed by atoms with E-state index in [2.05, 4.69) is 35.3 Å². The van der Waals surface area contributed by atoms with Gasteiger partial charge < -0.3 is 17.2 Å². The third-order valence-electron chi connectivity index (χ3n) is 0.156. The van der Waals surface area contributed by atoms with Crippen molar-refractivity contribution >= 4 is 23.3 Å². The Morgan fingerprint density at radius 1 is 1.33 bits per heavy atom. The van der Waals surface area contributed by atoms with Crippen molar-refractivity contribution < 1.29 is 0 Å². The van der Waals surface area contributed by atoms with E-state index in [1.807, 2.05) is 5.43 Å². The van der Waals surface area contributed by atoms with Gasteiger partial charge in [0.2, 0.25) is 0 Å². The predicted molar refractivity (Wildman–Crippen MR) is 40.2 cm³/mol. The standard InChI is InChI=1S/CH6N4.CH4N2S/c2-1(3)5-4;2-1(3)4/h4H2,(H4,2,3,5);(H4,2,3,4). The largest absolute Gasteiger partial charge is 0.377 e. The molecule has 0 atom stereocenters. The zero-order valence-electron chi connectivity index (χ0n) is 4.72. The first-order valence-corrected chi connectivity index (χ1v) is 2.27. The van der Waals surface area contributed by atoms with Crippen LogP contribution in [0.5, 0.6) is 0 Å². The molecule has 10 N–H and O–H groups in total. The number of rotatable bonds is 0. The Balaban J connectivity index is 0. The molecule has 0 spiro atoms. The van der Waals surface area contributed by atoms with Crippen LogP contribution in [0.4, 0.5) is 0 Å². The minimum Gasteiger partial charge on any atom is -0.377 e. The summed E-state index contributed by atoms with van der Waals surface area (Å²) in [6.07, 6.45) is 0. The molecule has 9 heavy (non-hydrogen) atoms. The molecule has 0 heterocycles. The third kappa shape index (κ3) is 198. The second-order valence-electron chi connectivity index (χ2n) is 0.960. The van der Waals surface area contributed by atoms with E-state index in [9.17, 15) is 0 Å². The fourth-order valence-corrected chi connectivity index (χ4v) is 0. The lowest BCUT2D eigenvalue weighted by atomic mass is 11.1. The molecule has 0 bridgehead atoms. The second-order valence-corrected chi connectivity index (χ2v) is 1.43. The maximum atomic E-state index is 6.28. The first-order chi connectivity index (χ1) is 4.00. The van der Waals surface area contributed by atoms with E-state index in [0.29, 0.717) is 0 Å². The first kappa shape index (κ1) is 10.8. The lowest BCUT2D eigenvalue weighted by Gasteiger charge is -1.85. The van der Waals surface area contributed by atoms with Crippen molar-refractivity contribution in [3.63, 3.8) is 0 Å². The van der Waals surface area contributed by atoms with E-state index in [4.69, 9.17) is 5.41 Å². The van der Waals surface area contributed by atoms with Gasteiger partial charge in [0.15, 0.2) is 11.1 Å². The van der Waals surface area contributed by atoms with Gasteiger partial charge in [0.05, 0.1) is 0 Å². The minimum atomic E-state index is -0.218. The SMILES string of the molecule is N=C(N)NN.NC(N)=S. The highest BCUT2D eigenvalue weighted by atomic mass is 32.1. The number of nitrogens with one attached hydrogen (secondary N) is 2. The van der Waals surface area contributed by atoms with Crippen molar-refractivity contribution in [3.05, 3.63) is 0 Å². The maximum absolute atomic E-state index is 6.28. The van der Waals surface area contributed by atoms with Crippen molar-refractivity contribution in [1.82, 2.24) is 5.43 Å². The second kappa shape index (κ2) is 6.92. The van der Waals surface area contributed by atoms with Crippen molar-refractivity contribution in [2.24, 2.45) is 23.0 Å². The Morgan fingerprint density at radius 3 is 1.44 bits per heavy atom.